The maximum absolute atomic E-state index is 2.56. The Morgan fingerprint density at radius 2 is 0.529 bits per heavy atom. The van der Waals surface area contributed by atoms with Crippen LogP contribution >= 0.6 is 0 Å². The SMILES string of the molecule is CC1(C)c2cc3c(cc2-c2cc4ccc(N(c5ccccc5)c5ccc(-c6ccccc6)cc5)cc4cc21)-c1cc2ccc(N(c4ccccc4)c4ccc(-c5ccccc5)cc4)cc2cc1C3(C)C. The Labute approximate surface area is 411 Å². The fourth-order valence-corrected chi connectivity index (χ4v) is 11.6. The fourth-order valence-electron chi connectivity index (χ4n) is 11.6. The lowest BCUT2D eigenvalue weighted by Crippen LogP contribution is -2.18. The molecule has 2 aliphatic carbocycles. The van der Waals surface area contributed by atoms with Crippen LogP contribution in [-0.2, 0) is 10.8 Å². The first-order chi connectivity index (χ1) is 34.2. The molecule has 2 heteroatoms. The number of hydrogen-bond donors (Lipinski definition) is 0. The van der Waals surface area contributed by atoms with E-state index >= 15 is 0 Å². The summed E-state index contributed by atoms with van der Waals surface area (Å²) in [6, 6.07) is 89.5. The minimum absolute atomic E-state index is 0.180. The third kappa shape index (κ3) is 6.78. The molecular formula is C68H52N2. The summed E-state index contributed by atoms with van der Waals surface area (Å²) in [5.41, 5.74) is 22.3. The van der Waals surface area contributed by atoms with E-state index < -0.39 is 0 Å². The molecule has 2 nitrogen and oxygen atoms in total. The van der Waals surface area contributed by atoms with Crippen LogP contribution in [0.2, 0.25) is 0 Å². The lowest BCUT2D eigenvalue weighted by molar-refractivity contribution is 0.640. The van der Waals surface area contributed by atoms with Crippen molar-refractivity contribution in [1.29, 1.82) is 0 Å². The Morgan fingerprint density at radius 1 is 0.229 bits per heavy atom. The monoisotopic (exact) mass is 896 g/mol. The normalized spacial score (nSPS) is 13.7. The summed E-state index contributed by atoms with van der Waals surface area (Å²) >= 11 is 0. The molecule has 0 aromatic heterocycles. The van der Waals surface area contributed by atoms with Crippen molar-refractivity contribution in [2.45, 2.75) is 38.5 Å². The largest absolute Gasteiger partial charge is 0.310 e. The molecule has 0 saturated carbocycles. The van der Waals surface area contributed by atoms with Crippen molar-refractivity contribution in [3.8, 4) is 44.5 Å². The van der Waals surface area contributed by atoms with E-state index in [1.807, 2.05) is 0 Å². The second-order valence-electron chi connectivity index (χ2n) is 20.2. The lowest BCUT2D eigenvalue weighted by atomic mass is 9.77. The van der Waals surface area contributed by atoms with E-state index in [0.29, 0.717) is 0 Å². The molecular weight excluding hydrogens is 845 g/mol. The second kappa shape index (κ2) is 16.1. The van der Waals surface area contributed by atoms with Gasteiger partial charge >= 0.3 is 0 Å². The van der Waals surface area contributed by atoms with E-state index in [1.165, 1.54) is 88.3 Å². The van der Waals surface area contributed by atoms with Gasteiger partial charge in [0.05, 0.1) is 0 Å². The van der Waals surface area contributed by atoms with Gasteiger partial charge in [0, 0.05) is 45.0 Å². The van der Waals surface area contributed by atoms with Gasteiger partial charge in [-0.25, -0.2) is 0 Å². The summed E-state index contributed by atoms with van der Waals surface area (Å²) in [5.74, 6) is 0. The van der Waals surface area contributed by atoms with Crippen molar-refractivity contribution in [2.24, 2.45) is 0 Å². The maximum Gasteiger partial charge on any atom is 0.0468 e. The molecule has 0 saturated heterocycles. The molecule has 0 spiro atoms. The van der Waals surface area contributed by atoms with Gasteiger partial charge in [0.15, 0.2) is 0 Å². The molecule has 11 aromatic carbocycles. The molecule has 13 rings (SSSR count). The van der Waals surface area contributed by atoms with Gasteiger partial charge < -0.3 is 9.80 Å². The highest BCUT2D eigenvalue weighted by Gasteiger charge is 2.42. The van der Waals surface area contributed by atoms with E-state index in [0.717, 1.165) is 34.1 Å². The molecule has 0 fully saturated rings. The summed E-state index contributed by atoms with van der Waals surface area (Å²) in [4.78, 5) is 4.75. The van der Waals surface area contributed by atoms with Crippen molar-refractivity contribution >= 4 is 55.7 Å². The summed E-state index contributed by atoms with van der Waals surface area (Å²) in [6.07, 6.45) is 0. The van der Waals surface area contributed by atoms with Crippen molar-refractivity contribution in [2.75, 3.05) is 9.80 Å². The number of fused-ring (bicyclic) bond motifs is 8. The highest BCUT2D eigenvalue weighted by Crippen LogP contribution is 2.57. The van der Waals surface area contributed by atoms with E-state index in [2.05, 4.69) is 280 Å². The molecule has 0 bridgehead atoms. The Kier molecular flexibility index (Phi) is 9.58. The Morgan fingerprint density at radius 3 is 0.914 bits per heavy atom. The number of para-hydroxylation sites is 2. The first-order valence-electron chi connectivity index (χ1n) is 24.6. The van der Waals surface area contributed by atoms with Crippen LogP contribution in [0.1, 0.15) is 49.9 Å². The van der Waals surface area contributed by atoms with E-state index in [9.17, 15) is 0 Å². The highest BCUT2D eigenvalue weighted by atomic mass is 15.1. The molecule has 0 aliphatic heterocycles. The van der Waals surface area contributed by atoms with E-state index in [-0.39, 0.29) is 10.8 Å². The van der Waals surface area contributed by atoms with Crippen molar-refractivity contribution < 1.29 is 0 Å². The van der Waals surface area contributed by atoms with Gasteiger partial charge in [-0.2, -0.15) is 0 Å². The summed E-state index contributed by atoms with van der Waals surface area (Å²) in [6.45, 7) is 9.68. The molecule has 0 heterocycles. The third-order valence-electron chi connectivity index (χ3n) is 15.4. The predicted molar refractivity (Wildman–Crippen MR) is 297 cm³/mol. The van der Waals surface area contributed by atoms with Crippen molar-refractivity contribution in [3.05, 3.63) is 265 Å². The molecule has 2 aliphatic rings. The van der Waals surface area contributed by atoms with Crippen LogP contribution in [0.15, 0.2) is 243 Å². The van der Waals surface area contributed by atoms with Crippen molar-refractivity contribution in [1.82, 2.24) is 0 Å². The fraction of sp³-hybridized carbons (Fsp3) is 0.0882. The van der Waals surface area contributed by atoms with Gasteiger partial charge in [0.1, 0.15) is 0 Å². The zero-order valence-electron chi connectivity index (χ0n) is 40.0. The molecule has 70 heavy (non-hydrogen) atoms. The molecule has 0 radical (unpaired) electrons. The summed E-state index contributed by atoms with van der Waals surface area (Å²) < 4.78 is 0. The standard InChI is InChI=1S/C68H52N2/c1-67(2)63-41-51-37-57(69(53-21-13-7-14-22-53)55-31-25-47(26-32-55)45-17-9-5-10-18-45)35-29-49(51)39-59(63)61-43-62-60-40-50-30-36-58(38-52(50)42-64(60)68(3,4)66(62)44-65(61)67)70(54-23-15-8-16-24-54)56-33-27-48(28-34-56)46-19-11-6-12-20-46/h5-44H,1-4H3. The quantitative estimate of drug-likeness (QED) is 0.150. The first kappa shape index (κ1) is 41.7. The van der Waals surface area contributed by atoms with Gasteiger partial charge in [-0.05, 0) is 191 Å². The number of hydrogen-bond acceptors (Lipinski definition) is 2. The van der Waals surface area contributed by atoms with Crippen LogP contribution in [0, 0.1) is 0 Å². The summed E-state index contributed by atoms with van der Waals surface area (Å²) in [7, 11) is 0. The van der Waals surface area contributed by atoms with Crippen LogP contribution in [0.5, 0.6) is 0 Å². The minimum Gasteiger partial charge on any atom is -0.310 e. The van der Waals surface area contributed by atoms with E-state index in [1.54, 1.807) is 0 Å². The topological polar surface area (TPSA) is 6.48 Å². The lowest BCUT2D eigenvalue weighted by Gasteiger charge is -2.27. The number of anilines is 6. The van der Waals surface area contributed by atoms with Gasteiger partial charge in [-0.1, -0.05) is 167 Å². The average molecular weight is 897 g/mol. The molecule has 0 N–H and O–H groups in total. The zero-order chi connectivity index (χ0) is 47.1. The van der Waals surface area contributed by atoms with Gasteiger partial charge in [-0.3, -0.25) is 0 Å². The van der Waals surface area contributed by atoms with Crippen LogP contribution < -0.4 is 9.80 Å². The highest BCUT2D eigenvalue weighted by molar-refractivity contribution is 6.01. The van der Waals surface area contributed by atoms with E-state index in [4.69, 9.17) is 0 Å². The summed E-state index contributed by atoms with van der Waals surface area (Å²) in [5, 5.41) is 4.99. The van der Waals surface area contributed by atoms with Gasteiger partial charge in [-0.15, -0.1) is 0 Å². The smallest absolute Gasteiger partial charge is 0.0468 e. The van der Waals surface area contributed by atoms with Crippen molar-refractivity contribution in [3.63, 3.8) is 0 Å². The van der Waals surface area contributed by atoms with Crippen LogP contribution in [0.3, 0.4) is 0 Å². The first-order valence-corrected chi connectivity index (χ1v) is 24.6. The molecule has 0 atom stereocenters. The maximum atomic E-state index is 2.56. The van der Waals surface area contributed by atoms with Gasteiger partial charge in [0.2, 0.25) is 0 Å². The third-order valence-corrected chi connectivity index (χ3v) is 15.4. The molecule has 11 aromatic rings. The van der Waals surface area contributed by atoms with Crippen LogP contribution in [0.4, 0.5) is 34.1 Å². The molecule has 334 valence electrons. The second-order valence-corrected chi connectivity index (χ2v) is 20.2. The minimum atomic E-state index is -0.180. The Bertz CT molecular complexity index is 3530. The Balaban J connectivity index is 0.871. The Hall–Kier alpha value is -8.46. The number of nitrogens with zero attached hydrogens (tertiary/aromatic N) is 2. The average Bonchev–Trinajstić information content (AvgIpc) is 3.75. The predicted octanol–water partition coefficient (Wildman–Crippen LogP) is 18.9. The molecule has 0 amide bonds. The van der Waals surface area contributed by atoms with Crippen LogP contribution in [0.25, 0.3) is 66.1 Å². The van der Waals surface area contributed by atoms with Crippen LogP contribution in [-0.4, -0.2) is 0 Å². The number of benzene rings is 11. The number of rotatable bonds is 8. The van der Waals surface area contributed by atoms with Gasteiger partial charge in [0.25, 0.3) is 0 Å². The molecule has 0 unspecified atom stereocenters. The zero-order valence-corrected chi connectivity index (χ0v) is 40.0.